The molecule has 0 N–H and O–H groups in total. The van der Waals surface area contributed by atoms with Crippen molar-refractivity contribution in [2.75, 3.05) is 14.2 Å². The van der Waals surface area contributed by atoms with Crippen LogP contribution in [0, 0.1) is 0 Å². The maximum atomic E-state index is 11.1. The molecule has 0 unspecified atom stereocenters. The molecule has 0 aromatic heterocycles. The first-order valence-corrected chi connectivity index (χ1v) is 4.40. The first-order chi connectivity index (χ1) is 7.21. The van der Waals surface area contributed by atoms with Crippen LogP contribution in [0.2, 0.25) is 0 Å². The van der Waals surface area contributed by atoms with Crippen molar-refractivity contribution in [2.24, 2.45) is 0 Å². The third kappa shape index (κ3) is 2.80. The zero-order valence-electron chi connectivity index (χ0n) is 8.65. The van der Waals surface area contributed by atoms with Crippen molar-refractivity contribution in [2.45, 2.75) is 6.42 Å². The van der Waals surface area contributed by atoms with E-state index in [9.17, 15) is 9.59 Å². The van der Waals surface area contributed by atoms with Crippen LogP contribution in [0.15, 0.2) is 18.2 Å². The number of rotatable bonds is 4. The minimum absolute atomic E-state index is 0.0986. The minimum atomic E-state index is -0.364. The molecule has 1 rings (SSSR count). The molecule has 0 atom stereocenters. The molecule has 0 heterocycles. The first-order valence-electron chi connectivity index (χ1n) is 4.40. The fourth-order valence-corrected chi connectivity index (χ4v) is 1.24. The second-order valence-corrected chi connectivity index (χ2v) is 2.94. The van der Waals surface area contributed by atoms with Gasteiger partial charge in [-0.2, -0.15) is 0 Å². The maximum absolute atomic E-state index is 11.1. The molecule has 80 valence electrons. The summed E-state index contributed by atoms with van der Waals surface area (Å²) in [6.45, 7) is 0. The zero-order valence-corrected chi connectivity index (χ0v) is 8.65. The van der Waals surface area contributed by atoms with E-state index >= 15 is 0 Å². The van der Waals surface area contributed by atoms with Crippen LogP contribution in [-0.2, 0) is 16.0 Å². The number of benzene rings is 1. The third-order valence-electron chi connectivity index (χ3n) is 2.00. The fourth-order valence-electron chi connectivity index (χ4n) is 1.24. The Morgan fingerprint density at radius 3 is 2.67 bits per heavy atom. The SMILES string of the molecule is COC(=O)Cc1cc(C=O)ccc1OC. The van der Waals surface area contributed by atoms with Gasteiger partial charge in [0.05, 0.1) is 20.6 Å². The van der Waals surface area contributed by atoms with E-state index in [1.54, 1.807) is 18.2 Å². The molecule has 0 aliphatic carbocycles. The number of aldehydes is 1. The highest BCUT2D eigenvalue weighted by molar-refractivity contribution is 5.78. The molecular weight excluding hydrogens is 196 g/mol. The second-order valence-electron chi connectivity index (χ2n) is 2.94. The van der Waals surface area contributed by atoms with Crippen LogP contribution < -0.4 is 4.74 Å². The molecule has 4 nitrogen and oxygen atoms in total. The van der Waals surface area contributed by atoms with Gasteiger partial charge in [0, 0.05) is 11.1 Å². The number of esters is 1. The standard InChI is InChI=1S/C11H12O4/c1-14-10-4-3-8(7-12)5-9(10)6-11(13)15-2/h3-5,7H,6H2,1-2H3. The molecule has 0 radical (unpaired) electrons. The topological polar surface area (TPSA) is 52.6 Å². The van der Waals surface area contributed by atoms with Gasteiger partial charge in [-0.05, 0) is 18.2 Å². The van der Waals surface area contributed by atoms with Crippen molar-refractivity contribution in [1.82, 2.24) is 0 Å². The van der Waals surface area contributed by atoms with E-state index in [0.717, 1.165) is 6.29 Å². The predicted octanol–water partition coefficient (Wildman–Crippen LogP) is 1.22. The van der Waals surface area contributed by atoms with Gasteiger partial charge in [-0.1, -0.05) is 0 Å². The van der Waals surface area contributed by atoms with Gasteiger partial charge in [0.2, 0.25) is 0 Å². The van der Waals surface area contributed by atoms with Crippen molar-refractivity contribution < 1.29 is 19.1 Å². The molecule has 15 heavy (non-hydrogen) atoms. The highest BCUT2D eigenvalue weighted by Crippen LogP contribution is 2.20. The molecule has 0 spiro atoms. The summed E-state index contributed by atoms with van der Waals surface area (Å²) in [6.07, 6.45) is 0.821. The van der Waals surface area contributed by atoms with Crippen LogP contribution in [0.25, 0.3) is 0 Å². The van der Waals surface area contributed by atoms with Crippen LogP contribution in [0.1, 0.15) is 15.9 Å². The van der Waals surface area contributed by atoms with E-state index in [1.807, 2.05) is 0 Å². The summed E-state index contributed by atoms with van der Waals surface area (Å²) in [4.78, 5) is 21.6. The predicted molar refractivity (Wildman–Crippen MR) is 54.1 cm³/mol. The third-order valence-corrected chi connectivity index (χ3v) is 2.00. The lowest BCUT2D eigenvalue weighted by molar-refractivity contribution is -0.139. The van der Waals surface area contributed by atoms with Crippen LogP contribution in [0.5, 0.6) is 5.75 Å². The molecule has 0 saturated carbocycles. The highest BCUT2D eigenvalue weighted by atomic mass is 16.5. The van der Waals surface area contributed by atoms with Gasteiger partial charge in [-0.15, -0.1) is 0 Å². The molecular formula is C11H12O4. The summed E-state index contributed by atoms with van der Waals surface area (Å²) < 4.78 is 9.61. The van der Waals surface area contributed by atoms with Crippen molar-refractivity contribution in [3.05, 3.63) is 29.3 Å². The first kappa shape index (κ1) is 11.2. The van der Waals surface area contributed by atoms with Crippen LogP contribution >= 0.6 is 0 Å². The zero-order chi connectivity index (χ0) is 11.3. The summed E-state index contributed by atoms with van der Waals surface area (Å²) in [6, 6.07) is 4.90. The Morgan fingerprint density at radius 2 is 2.13 bits per heavy atom. The molecule has 0 saturated heterocycles. The summed E-state index contributed by atoms with van der Waals surface area (Å²) in [5.74, 6) is 0.211. The molecule has 0 fully saturated rings. The highest BCUT2D eigenvalue weighted by Gasteiger charge is 2.09. The lowest BCUT2D eigenvalue weighted by Gasteiger charge is -2.07. The number of hydrogen-bond acceptors (Lipinski definition) is 4. The molecule has 0 aliphatic rings. The number of carbonyl (C=O) groups excluding carboxylic acids is 2. The molecule has 1 aromatic rings. The van der Waals surface area contributed by atoms with E-state index in [2.05, 4.69) is 4.74 Å². The number of carbonyl (C=O) groups is 2. The van der Waals surface area contributed by atoms with Crippen LogP contribution in [-0.4, -0.2) is 26.5 Å². The van der Waals surface area contributed by atoms with E-state index in [4.69, 9.17) is 4.74 Å². The summed E-state index contributed by atoms with van der Waals surface area (Å²) in [5.41, 5.74) is 1.16. The fraction of sp³-hybridized carbons (Fsp3) is 0.273. The average Bonchev–Trinajstić information content (AvgIpc) is 2.28. The molecule has 0 amide bonds. The van der Waals surface area contributed by atoms with E-state index in [-0.39, 0.29) is 12.4 Å². The van der Waals surface area contributed by atoms with Crippen LogP contribution in [0.4, 0.5) is 0 Å². The van der Waals surface area contributed by atoms with Gasteiger partial charge in [-0.3, -0.25) is 9.59 Å². The molecule has 0 aliphatic heterocycles. The normalized spacial score (nSPS) is 9.47. The Balaban J connectivity index is 3.00. The average molecular weight is 208 g/mol. The lowest BCUT2D eigenvalue weighted by Crippen LogP contribution is -2.06. The maximum Gasteiger partial charge on any atom is 0.310 e. The van der Waals surface area contributed by atoms with Gasteiger partial charge in [0.15, 0.2) is 0 Å². The van der Waals surface area contributed by atoms with Gasteiger partial charge in [0.25, 0.3) is 0 Å². The van der Waals surface area contributed by atoms with Crippen LogP contribution in [0.3, 0.4) is 0 Å². The largest absolute Gasteiger partial charge is 0.496 e. The van der Waals surface area contributed by atoms with Gasteiger partial charge in [0.1, 0.15) is 12.0 Å². The smallest absolute Gasteiger partial charge is 0.310 e. The Morgan fingerprint density at radius 1 is 1.40 bits per heavy atom. The van der Waals surface area contributed by atoms with E-state index < -0.39 is 0 Å². The van der Waals surface area contributed by atoms with E-state index in [1.165, 1.54) is 14.2 Å². The molecule has 0 bridgehead atoms. The summed E-state index contributed by atoms with van der Waals surface area (Å²) >= 11 is 0. The van der Waals surface area contributed by atoms with E-state index in [0.29, 0.717) is 16.9 Å². The van der Waals surface area contributed by atoms with Gasteiger partial charge in [-0.25, -0.2) is 0 Å². The quantitative estimate of drug-likeness (QED) is 0.551. The minimum Gasteiger partial charge on any atom is -0.496 e. The Hall–Kier alpha value is -1.84. The number of hydrogen-bond donors (Lipinski definition) is 0. The van der Waals surface area contributed by atoms with Crippen molar-refractivity contribution >= 4 is 12.3 Å². The summed E-state index contributed by atoms with van der Waals surface area (Å²) in [7, 11) is 2.83. The number of ether oxygens (including phenoxy) is 2. The monoisotopic (exact) mass is 208 g/mol. The molecule has 4 heteroatoms. The molecule has 1 aromatic carbocycles. The lowest BCUT2D eigenvalue weighted by atomic mass is 10.1. The van der Waals surface area contributed by atoms with Crippen molar-refractivity contribution in [1.29, 1.82) is 0 Å². The Labute approximate surface area is 87.8 Å². The van der Waals surface area contributed by atoms with Gasteiger partial charge < -0.3 is 9.47 Å². The Kier molecular flexibility index (Phi) is 3.85. The Bertz CT molecular complexity index is 371. The van der Waals surface area contributed by atoms with Gasteiger partial charge >= 0.3 is 5.97 Å². The van der Waals surface area contributed by atoms with Crippen molar-refractivity contribution in [3.8, 4) is 5.75 Å². The summed E-state index contributed by atoms with van der Waals surface area (Å²) in [5, 5.41) is 0. The van der Waals surface area contributed by atoms with Crippen molar-refractivity contribution in [3.63, 3.8) is 0 Å². The number of methoxy groups -OCH3 is 2. The second kappa shape index (κ2) is 5.14.